The van der Waals surface area contributed by atoms with Gasteiger partial charge in [-0.15, -0.1) is 0 Å². The minimum absolute atomic E-state index is 0.0433. The second-order valence-corrected chi connectivity index (χ2v) is 8.38. The van der Waals surface area contributed by atoms with Gasteiger partial charge in [-0.1, -0.05) is 6.42 Å². The number of urea groups is 1. The molecule has 8 heteroatoms. The maximum atomic E-state index is 12.7. The zero-order chi connectivity index (χ0) is 21.1. The minimum atomic E-state index is -0.836. The van der Waals surface area contributed by atoms with E-state index in [0.29, 0.717) is 29.9 Å². The SMILES string of the molecule is COc1ccc(N2C(=O)NC(CC(=O)NCC3CCCN4CCCCC34)C2=O)cc1. The molecule has 0 aromatic heterocycles. The Morgan fingerprint density at radius 3 is 2.67 bits per heavy atom. The lowest BCUT2D eigenvalue weighted by atomic mass is 9.83. The summed E-state index contributed by atoms with van der Waals surface area (Å²) in [5, 5.41) is 5.65. The topological polar surface area (TPSA) is 91.0 Å². The van der Waals surface area contributed by atoms with Crippen molar-refractivity contribution in [3.8, 4) is 5.75 Å². The lowest BCUT2D eigenvalue weighted by Gasteiger charge is -2.44. The smallest absolute Gasteiger partial charge is 0.329 e. The number of imide groups is 1. The summed E-state index contributed by atoms with van der Waals surface area (Å²) in [7, 11) is 1.55. The number of anilines is 1. The molecule has 0 saturated carbocycles. The molecule has 4 rings (SSSR count). The van der Waals surface area contributed by atoms with Crippen LogP contribution in [0, 0.1) is 5.92 Å². The van der Waals surface area contributed by atoms with Gasteiger partial charge in [0.25, 0.3) is 5.91 Å². The van der Waals surface area contributed by atoms with Gasteiger partial charge in [0.2, 0.25) is 5.91 Å². The van der Waals surface area contributed by atoms with Crippen molar-refractivity contribution in [1.82, 2.24) is 15.5 Å². The number of hydrogen-bond donors (Lipinski definition) is 2. The Morgan fingerprint density at radius 2 is 1.90 bits per heavy atom. The summed E-state index contributed by atoms with van der Waals surface area (Å²) in [5.41, 5.74) is 0.459. The molecule has 3 unspecified atom stereocenters. The average molecular weight is 415 g/mol. The normalized spacial score (nSPS) is 26.8. The summed E-state index contributed by atoms with van der Waals surface area (Å²) < 4.78 is 5.11. The van der Waals surface area contributed by atoms with E-state index in [1.165, 1.54) is 38.8 Å². The number of benzene rings is 1. The van der Waals surface area contributed by atoms with Crippen molar-refractivity contribution >= 4 is 23.5 Å². The van der Waals surface area contributed by atoms with Crippen molar-refractivity contribution in [2.24, 2.45) is 5.92 Å². The molecule has 3 heterocycles. The molecule has 3 fully saturated rings. The number of nitrogens with zero attached hydrogens (tertiary/aromatic N) is 2. The van der Waals surface area contributed by atoms with Crippen LogP contribution in [0.25, 0.3) is 0 Å². The molecule has 0 spiro atoms. The van der Waals surface area contributed by atoms with Gasteiger partial charge in [-0.3, -0.25) is 9.59 Å². The molecule has 30 heavy (non-hydrogen) atoms. The van der Waals surface area contributed by atoms with Crippen LogP contribution in [0.3, 0.4) is 0 Å². The van der Waals surface area contributed by atoms with Crippen molar-refractivity contribution < 1.29 is 19.1 Å². The number of nitrogens with one attached hydrogen (secondary N) is 2. The fourth-order valence-electron chi connectivity index (χ4n) is 4.96. The van der Waals surface area contributed by atoms with E-state index in [0.717, 1.165) is 11.3 Å². The fraction of sp³-hybridized carbons (Fsp3) is 0.591. The molecule has 1 aromatic carbocycles. The molecule has 0 aliphatic carbocycles. The highest BCUT2D eigenvalue weighted by Gasteiger charge is 2.40. The zero-order valence-corrected chi connectivity index (χ0v) is 17.4. The lowest BCUT2D eigenvalue weighted by Crippen LogP contribution is -2.51. The van der Waals surface area contributed by atoms with Gasteiger partial charge in [0.1, 0.15) is 11.8 Å². The highest BCUT2D eigenvalue weighted by atomic mass is 16.5. The molecule has 3 saturated heterocycles. The Balaban J connectivity index is 1.31. The van der Waals surface area contributed by atoms with Gasteiger partial charge in [-0.2, -0.15) is 0 Å². The Morgan fingerprint density at radius 1 is 1.13 bits per heavy atom. The van der Waals surface area contributed by atoms with E-state index in [1.54, 1.807) is 31.4 Å². The van der Waals surface area contributed by atoms with Crippen molar-refractivity contribution in [3.63, 3.8) is 0 Å². The van der Waals surface area contributed by atoms with Crippen LogP contribution in [0.1, 0.15) is 38.5 Å². The molecular weight excluding hydrogens is 384 g/mol. The monoisotopic (exact) mass is 414 g/mol. The predicted octanol–water partition coefficient (Wildman–Crippen LogP) is 1.89. The van der Waals surface area contributed by atoms with Gasteiger partial charge in [-0.05, 0) is 69.0 Å². The van der Waals surface area contributed by atoms with Crippen LogP contribution >= 0.6 is 0 Å². The third-order valence-electron chi connectivity index (χ3n) is 6.53. The Hall–Kier alpha value is -2.61. The second-order valence-electron chi connectivity index (χ2n) is 8.38. The van der Waals surface area contributed by atoms with E-state index in [1.807, 2.05) is 0 Å². The first-order chi connectivity index (χ1) is 14.6. The van der Waals surface area contributed by atoms with Gasteiger partial charge in [0, 0.05) is 12.6 Å². The molecule has 3 aliphatic rings. The van der Waals surface area contributed by atoms with Gasteiger partial charge in [0.15, 0.2) is 0 Å². The van der Waals surface area contributed by atoms with Crippen molar-refractivity contribution in [3.05, 3.63) is 24.3 Å². The third kappa shape index (κ3) is 4.28. The number of rotatable bonds is 6. The Bertz CT molecular complexity index is 795. The van der Waals surface area contributed by atoms with E-state index >= 15 is 0 Å². The van der Waals surface area contributed by atoms with E-state index in [9.17, 15) is 14.4 Å². The summed E-state index contributed by atoms with van der Waals surface area (Å²) in [5.74, 6) is 0.503. The molecule has 1 aromatic rings. The Labute approximate surface area is 176 Å². The van der Waals surface area contributed by atoms with Crippen molar-refractivity contribution in [1.29, 1.82) is 0 Å². The van der Waals surface area contributed by atoms with Crippen molar-refractivity contribution in [2.75, 3.05) is 31.6 Å². The number of methoxy groups -OCH3 is 1. The van der Waals surface area contributed by atoms with Gasteiger partial charge in [0.05, 0.1) is 19.2 Å². The lowest BCUT2D eigenvalue weighted by molar-refractivity contribution is -0.125. The number of carbonyl (C=O) groups is 3. The molecule has 3 atom stereocenters. The molecule has 2 N–H and O–H groups in total. The first-order valence-electron chi connectivity index (χ1n) is 10.9. The van der Waals surface area contributed by atoms with E-state index < -0.39 is 18.0 Å². The molecule has 0 bridgehead atoms. The highest BCUT2D eigenvalue weighted by Crippen LogP contribution is 2.30. The number of amides is 4. The van der Waals surface area contributed by atoms with Crippen LogP contribution in [0.5, 0.6) is 5.75 Å². The summed E-state index contributed by atoms with van der Waals surface area (Å²) in [4.78, 5) is 41.2. The predicted molar refractivity (Wildman–Crippen MR) is 112 cm³/mol. The van der Waals surface area contributed by atoms with E-state index in [2.05, 4.69) is 15.5 Å². The Kier molecular flexibility index (Phi) is 6.22. The van der Waals surface area contributed by atoms with E-state index in [4.69, 9.17) is 4.74 Å². The minimum Gasteiger partial charge on any atom is -0.497 e. The third-order valence-corrected chi connectivity index (χ3v) is 6.53. The van der Waals surface area contributed by atoms with Crippen LogP contribution in [0.4, 0.5) is 10.5 Å². The average Bonchev–Trinajstić information content (AvgIpc) is 3.05. The van der Waals surface area contributed by atoms with Crippen molar-refractivity contribution in [2.45, 2.75) is 50.6 Å². The maximum absolute atomic E-state index is 12.7. The number of ether oxygens (including phenoxy) is 1. The highest BCUT2D eigenvalue weighted by molar-refractivity contribution is 6.22. The summed E-state index contributed by atoms with van der Waals surface area (Å²) in [6.07, 6.45) is 5.99. The van der Waals surface area contributed by atoms with Gasteiger partial charge in [-0.25, -0.2) is 9.69 Å². The van der Waals surface area contributed by atoms with Gasteiger partial charge < -0.3 is 20.3 Å². The molecule has 8 nitrogen and oxygen atoms in total. The fourth-order valence-corrected chi connectivity index (χ4v) is 4.96. The first kappa shape index (κ1) is 20.7. The van der Waals surface area contributed by atoms with Crippen LogP contribution in [0.15, 0.2) is 24.3 Å². The molecule has 162 valence electrons. The molecular formula is C22H30N4O4. The van der Waals surface area contributed by atoms with Crippen LogP contribution < -0.4 is 20.3 Å². The molecule has 4 amide bonds. The quantitative estimate of drug-likeness (QED) is 0.694. The summed E-state index contributed by atoms with van der Waals surface area (Å²) in [6, 6.07) is 5.90. The standard InChI is InChI=1S/C22H30N4O4/c1-30-17-9-7-16(8-10-17)26-21(28)18(24-22(26)29)13-20(27)23-14-15-5-4-12-25-11-3-2-6-19(15)25/h7-10,15,18-19H,2-6,11-14H2,1H3,(H,23,27)(H,24,29). The molecule has 3 aliphatic heterocycles. The number of carbonyl (C=O) groups excluding carboxylic acids is 3. The van der Waals surface area contributed by atoms with E-state index in [-0.39, 0.29) is 12.3 Å². The van der Waals surface area contributed by atoms with Crippen LogP contribution in [-0.2, 0) is 9.59 Å². The maximum Gasteiger partial charge on any atom is 0.329 e. The van der Waals surface area contributed by atoms with Crippen LogP contribution in [0.2, 0.25) is 0 Å². The zero-order valence-electron chi connectivity index (χ0n) is 17.4. The van der Waals surface area contributed by atoms with Crippen LogP contribution in [-0.4, -0.2) is 61.6 Å². The molecule has 0 radical (unpaired) electrons. The number of piperidine rings is 2. The number of hydrogen-bond acceptors (Lipinski definition) is 5. The second kappa shape index (κ2) is 9.04. The first-order valence-corrected chi connectivity index (χ1v) is 10.9. The van der Waals surface area contributed by atoms with Gasteiger partial charge >= 0.3 is 6.03 Å². The number of fused-ring (bicyclic) bond motifs is 1. The summed E-state index contributed by atoms with van der Waals surface area (Å²) >= 11 is 0. The summed E-state index contributed by atoms with van der Waals surface area (Å²) in [6.45, 7) is 2.97. The largest absolute Gasteiger partial charge is 0.497 e.